The highest BCUT2D eigenvalue weighted by molar-refractivity contribution is 9.10. The van der Waals surface area contributed by atoms with Gasteiger partial charge in [-0.3, -0.25) is 0 Å². The largest absolute Gasteiger partial charge is 0.497 e. The van der Waals surface area contributed by atoms with E-state index < -0.39 is 0 Å². The van der Waals surface area contributed by atoms with Gasteiger partial charge in [0.05, 0.1) is 11.6 Å². The van der Waals surface area contributed by atoms with E-state index in [1.807, 2.05) is 18.2 Å². The molecule has 0 heterocycles. The molecule has 1 aromatic rings. The molecule has 1 N–H and O–H groups in total. The predicted molar refractivity (Wildman–Crippen MR) is 83.1 cm³/mol. The molecular weight excluding hydrogens is 306 g/mol. The van der Waals surface area contributed by atoms with E-state index in [1.165, 1.54) is 0 Å². The molecule has 0 radical (unpaired) electrons. The van der Waals surface area contributed by atoms with Crippen LogP contribution < -0.4 is 14.8 Å². The second-order valence-electron chi connectivity index (χ2n) is 5.26. The van der Waals surface area contributed by atoms with Crippen LogP contribution in [0.4, 0.5) is 0 Å². The normalized spacial score (nSPS) is 12.8. The highest BCUT2D eigenvalue weighted by Crippen LogP contribution is 2.30. The van der Waals surface area contributed by atoms with Gasteiger partial charge in [0.25, 0.3) is 0 Å². The van der Waals surface area contributed by atoms with Gasteiger partial charge in [0.1, 0.15) is 17.6 Å². The van der Waals surface area contributed by atoms with Gasteiger partial charge in [-0.1, -0.05) is 27.7 Å². The van der Waals surface area contributed by atoms with Crippen molar-refractivity contribution in [1.29, 1.82) is 0 Å². The number of hydrogen-bond acceptors (Lipinski definition) is 3. The zero-order valence-electron chi connectivity index (χ0n) is 12.4. The first-order chi connectivity index (χ1) is 8.93. The van der Waals surface area contributed by atoms with E-state index in [2.05, 4.69) is 48.9 Å². The number of ether oxygens (including phenoxy) is 2. The van der Waals surface area contributed by atoms with E-state index in [-0.39, 0.29) is 6.10 Å². The maximum Gasteiger partial charge on any atom is 0.134 e. The number of nitrogens with one attached hydrogen (secondary N) is 1. The topological polar surface area (TPSA) is 30.5 Å². The molecule has 19 heavy (non-hydrogen) atoms. The van der Waals surface area contributed by atoms with Gasteiger partial charge >= 0.3 is 0 Å². The molecule has 0 bridgehead atoms. The minimum Gasteiger partial charge on any atom is -0.497 e. The van der Waals surface area contributed by atoms with E-state index >= 15 is 0 Å². The van der Waals surface area contributed by atoms with Crippen molar-refractivity contribution in [2.45, 2.75) is 39.8 Å². The molecule has 1 atom stereocenters. The van der Waals surface area contributed by atoms with Gasteiger partial charge in [0.2, 0.25) is 0 Å². The molecular formula is C15H24BrNO2. The van der Waals surface area contributed by atoms with Gasteiger partial charge in [-0.2, -0.15) is 0 Å². The van der Waals surface area contributed by atoms with Gasteiger partial charge in [-0.25, -0.2) is 0 Å². The van der Waals surface area contributed by atoms with Crippen molar-refractivity contribution < 1.29 is 9.47 Å². The van der Waals surface area contributed by atoms with Crippen molar-refractivity contribution in [3.05, 3.63) is 22.7 Å². The first-order valence-electron chi connectivity index (χ1n) is 6.67. The lowest BCUT2D eigenvalue weighted by molar-refractivity contribution is 0.145. The Morgan fingerprint density at radius 3 is 2.37 bits per heavy atom. The summed E-state index contributed by atoms with van der Waals surface area (Å²) in [7, 11) is 1.66. The summed E-state index contributed by atoms with van der Waals surface area (Å²) < 4.78 is 12.2. The number of hydrogen-bond donors (Lipinski definition) is 1. The van der Waals surface area contributed by atoms with Gasteiger partial charge in [-0.15, -0.1) is 0 Å². The van der Waals surface area contributed by atoms with Crippen LogP contribution in [-0.4, -0.2) is 25.8 Å². The fraction of sp³-hybridized carbons (Fsp3) is 0.600. The van der Waals surface area contributed by atoms with Crippen LogP contribution in [0.5, 0.6) is 11.5 Å². The molecule has 0 saturated carbocycles. The Morgan fingerprint density at radius 1 is 1.21 bits per heavy atom. The monoisotopic (exact) mass is 329 g/mol. The summed E-state index contributed by atoms with van der Waals surface area (Å²) in [6.45, 7) is 9.46. The van der Waals surface area contributed by atoms with Gasteiger partial charge in [0.15, 0.2) is 0 Å². The summed E-state index contributed by atoms with van der Waals surface area (Å²) in [5, 5.41) is 3.42. The molecule has 0 saturated heterocycles. The van der Waals surface area contributed by atoms with Crippen LogP contribution in [0.25, 0.3) is 0 Å². The first kappa shape index (κ1) is 16.3. The summed E-state index contributed by atoms with van der Waals surface area (Å²) in [5.41, 5.74) is 0. The van der Waals surface area contributed by atoms with E-state index in [9.17, 15) is 0 Å². The highest BCUT2D eigenvalue weighted by Gasteiger charge is 2.17. The lowest BCUT2D eigenvalue weighted by atomic mass is 10.1. The highest BCUT2D eigenvalue weighted by atomic mass is 79.9. The summed E-state index contributed by atoms with van der Waals surface area (Å²) in [4.78, 5) is 0. The first-order valence-corrected chi connectivity index (χ1v) is 7.47. The summed E-state index contributed by atoms with van der Waals surface area (Å²) in [5.74, 6) is 2.12. The maximum absolute atomic E-state index is 6.09. The number of benzene rings is 1. The van der Waals surface area contributed by atoms with Crippen molar-refractivity contribution in [3.63, 3.8) is 0 Å². The third-order valence-corrected chi connectivity index (χ3v) is 3.51. The molecule has 0 fully saturated rings. The molecule has 0 aliphatic heterocycles. The van der Waals surface area contributed by atoms with Crippen molar-refractivity contribution in [2.24, 2.45) is 5.92 Å². The summed E-state index contributed by atoms with van der Waals surface area (Å²) >= 11 is 3.52. The van der Waals surface area contributed by atoms with E-state index in [0.717, 1.165) is 22.5 Å². The molecule has 3 nitrogen and oxygen atoms in total. The quantitative estimate of drug-likeness (QED) is 0.823. The van der Waals surface area contributed by atoms with E-state index in [0.29, 0.717) is 12.0 Å². The van der Waals surface area contributed by atoms with Gasteiger partial charge in [-0.05, 0) is 40.0 Å². The third kappa shape index (κ3) is 5.41. The maximum atomic E-state index is 6.09. The Bertz CT molecular complexity index is 394. The smallest absolute Gasteiger partial charge is 0.134 e. The Labute approximate surface area is 124 Å². The molecule has 0 amide bonds. The molecule has 4 heteroatoms. The average molecular weight is 330 g/mol. The van der Waals surface area contributed by atoms with Crippen LogP contribution in [0.1, 0.15) is 27.7 Å². The Morgan fingerprint density at radius 2 is 1.89 bits per heavy atom. The van der Waals surface area contributed by atoms with Crippen LogP contribution >= 0.6 is 15.9 Å². The van der Waals surface area contributed by atoms with Crippen molar-refractivity contribution in [2.75, 3.05) is 13.7 Å². The summed E-state index contributed by atoms with van der Waals surface area (Å²) in [6.07, 6.45) is 0.145. The molecule has 0 aliphatic carbocycles. The molecule has 0 spiro atoms. The van der Waals surface area contributed by atoms with Crippen molar-refractivity contribution in [1.82, 2.24) is 5.32 Å². The van der Waals surface area contributed by atoms with Crippen LogP contribution in [0, 0.1) is 5.92 Å². The Kier molecular flexibility index (Phi) is 6.66. The summed E-state index contributed by atoms with van der Waals surface area (Å²) in [6, 6.07) is 6.23. The molecule has 0 aliphatic rings. The minimum atomic E-state index is 0.145. The standard InChI is InChI=1S/C15H24BrNO2/c1-10(2)15(9-17-11(3)4)19-14-7-6-12(18-5)8-13(14)16/h6-8,10-11,15,17H,9H2,1-5H3. The number of halogens is 1. The lowest BCUT2D eigenvalue weighted by Crippen LogP contribution is -2.38. The van der Waals surface area contributed by atoms with Gasteiger partial charge < -0.3 is 14.8 Å². The van der Waals surface area contributed by atoms with Crippen molar-refractivity contribution in [3.8, 4) is 11.5 Å². The second kappa shape index (κ2) is 7.75. The number of rotatable bonds is 7. The predicted octanol–water partition coefficient (Wildman–Crippen LogP) is 3.86. The fourth-order valence-electron chi connectivity index (χ4n) is 1.63. The third-order valence-electron chi connectivity index (χ3n) is 2.89. The van der Waals surface area contributed by atoms with Crippen LogP contribution in [0.3, 0.4) is 0 Å². The molecule has 0 aromatic heterocycles. The lowest BCUT2D eigenvalue weighted by Gasteiger charge is -2.25. The van der Waals surface area contributed by atoms with Crippen LogP contribution in [-0.2, 0) is 0 Å². The van der Waals surface area contributed by atoms with E-state index in [4.69, 9.17) is 9.47 Å². The minimum absolute atomic E-state index is 0.145. The van der Waals surface area contributed by atoms with Gasteiger partial charge in [0, 0.05) is 12.6 Å². The van der Waals surface area contributed by atoms with Crippen molar-refractivity contribution >= 4 is 15.9 Å². The fourth-order valence-corrected chi connectivity index (χ4v) is 2.08. The second-order valence-corrected chi connectivity index (χ2v) is 6.11. The molecule has 108 valence electrons. The zero-order chi connectivity index (χ0) is 14.4. The van der Waals surface area contributed by atoms with Crippen LogP contribution in [0.2, 0.25) is 0 Å². The zero-order valence-corrected chi connectivity index (χ0v) is 14.0. The van der Waals surface area contributed by atoms with Crippen LogP contribution in [0.15, 0.2) is 22.7 Å². The molecule has 1 rings (SSSR count). The SMILES string of the molecule is COc1ccc(OC(CNC(C)C)C(C)C)c(Br)c1. The molecule has 1 unspecified atom stereocenters. The Hall–Kier alpha value is -0.740. The number of methoxy groups -OCH3 is 1. The van der Waals surface area contributed by atoms with E-state index in [1.54, 1.807) is 7.11 Å². The average Bonchev–Trinajstić information content (AvgIpc) is 2.35. The molecule has 1 aromatic carbocycles. The Balaban J connectivity index is 2.73.